The second kappa shape index (κ2) is 4.91. The van der Waals surface area contributed by atoms with E-state index in [0.717, 1.165) is 25.1 Å². The zero-order valence-corrected chi connectivity index (χ0v) is 10.2. The molecule has 0 bridgehead atoms. The van der Waals surface area contributed by atoms with Crippen LogP contribution in [-0.4, -0.2) is 13.1 Å². The van der Waals surface area contributed by atoms with E-state index in [-0.39, 0.29) is 5.82 Å². The summed E-state index contributed by atoms with van der Waals surface area (Å²) in [6.45, 7) is 1.84. The van der Waals surface area contributed by atoms with Gasteiger partial charge < -0.3 is 5.32 Å². The molecule has 1 aliphatic heterocycles. The van der Waals surface area contributed by atoms with Crippen molar-refractivity contribution in [3.05, 3.63) is 71.0 Å². The van der Waals surface area contributed by atoms with Gasteiger partial charge in [-0.2, -0.15) is 0 Å². The fraction of sp³-hybridized carbons (Fsp3) is 0.250. The lowest BCUT2D eigenvalue weighted by molar-refractivity contribution is 0.624. The molecule has 1 atom stereocenters. The molecule has 0 fully saturated rings. The van der Waals surface area contributed by atoms with Crippen LogP contribution in [0.1, 0.15) is 22.6 Å². The van der Waals surface area contributed by atoms with Gasteiger partial charge >= 0.3 is 0 Å². The molecule has 0 amide bonds. The highest BCUT2D eigenvalue weighted by atomic mass is 19.1. The predicted molar refractivity (Wildman–Crippen MR) is 71.3 cm³/mol. The Morgan fingerprint density at radius 3 is 2.72 bits per heavy atom. The average Bonchev–Trinajstić information content (AvgIpc) is 2.61. The third-order valence-corrected chi connectivity index (χ3v) is 3.60. The Bertz CT molecular complexity index is 536. The topological polar surface area (TPSA) is 12.0 Å². The van der Waals surface area contributed by atoms with Crippen molar-refractivity contribution in [1.29, 1.82) is 0 Å². The van der Waals surface area contributed by atoms with Gasteiger partial charge in [-0.25, -0.2) is 4.39 Å². The molecule has 0 aromatic heterocycles. The van der Waals surface area contributed by atoms with Crippen molar-refractivity contribution < 1.29 is 4.39 Å². The molecule has 92 valence electrons. The Morgan fingerprint density at radius 1 is 1.06 bits per heavy atom. The molecule has 1 unspecified atom stereocenters. The van der Waals surface area contributed by atoms with Crippen LogP contribution in [0.4, 0.5) is 4.39 Å². The van der Waals surface area contributed by atoms with Crippen molar-refractivity contribution in [3.63, 3.8) is 0 Å². The summed E-state index contributed by atoms with van der Waals surface area (Å²) in [6.07, 6.45) is 0.899. The largest absolute Gasteiger partial charge is 0.315 e. The molecule has 18 heavy (non-hydrogen) atoms. The Hall–Kier alpha value is -1.67. The van der Waals surface area contributed by atoms with Crippen molar-refractivity contribution in [3.8, 4) is 0 Å². The van der Waals surface area contributed by atoms with Gasteiger partial charge in [-0.1, -0.05) is 36.4 Å². The van der Waals surface area contributed by atoms with E-state index in [0.29, 0.717) is 5.92 Å². The van der Waals surface area contributed by atoms with Crippen molar-refractivity contribution in [2.24, 2.45) is 0 Å². The third kappa shape index (κ3) is 2.16. The molecule has 0 spiro atoms. The van der Waals surface area contributed by atoms with Gasteiger partial charge in [0.1, 0.15) is 5.82 Å². The van der Waals surface area contributed by atoms with Crippen LogP contribution in [0.3, 0.4) is 0 Å². The number of halogens is 1. The van der Waals surface area contributed by atoms with Crippen LogP contribution < -0.4 is 5.32 Å². The van der Waals surface area contributed by atoms with Crippen LogP contribution in [0, 0.1) is 5.82 Å². The Morgan fingerprint density at radius 2 is 1.89 bits per heavy atom. The van der Waals surface area contributed by atoms with Gasteiger partial charge in [-0.15, -0.1) is 0 Å². The molecule has 0 radical (unpaired) electrons. The predicted octanol–water partition coefficient (Wildman–Crippen LogP) is 3.10. The van der Waals surface area contributed by atoms with E-state index in [9.17, 15) is 4.39 Å². The second-order valence-electron chi connectivity index (χ2n) is 4.76. The molecule has 0 saturated heterocycles. The summed E-state index contributed by atoms with van der Waals surface area (Å²) < 4.78 is 13.3. The number of benzene rings is 2. The Kier molecular flexibility index (Phi) is 3.11. The van der Waals surface area contributed by atoms with Crippen LogP contribution in [0.15, 0.2) is 48.5 Å². The Labute approximate surface area is 107 Å². The van der Waals surface area contributed by atoms with Gasteiger partial charge in [0.05, 0.1) is 0 Å². The summed E-state index contributed by atoms with van der Waals surface area (Å²) >= 11 is 0. The first kappa shape index (κ1) is 11.4. The van der Waals surface area contributed by atoms with Gasteiger partial charge in [-0.05, 0) is 41.8 Å². The van der Waals surface area contributed by atoms with Gasteiger partial charge in [0, 0.05) is 12.5 Å². The van der Waals surface area contributed by atoms with E-state index >= 15 is 0 Å². The summed E-state index contributed by atoms with van der Waals surface area (Å²) in [5.74, 6) is 0.187. The third-order valence-electron chi connectivity index (χ3n) is 3.60. The molecule has 3 rings (SSSR count). The normalized spacial score (nSPS) is 19.1. The summed E-state index contributed by atoms with van der Waals surface area (Å²) in [5.41, 5.74) is 3.68. The molecule has 1 nitrogen and oxygen atoms in total. The summed E-state index contributed by atoms with van der Waals surface area (Å²) in [5, 5.41) is 3.44. The van der Waals surface area contributed by atoms with Crippen LogP contribution in [-0.2, 0) is 6.42 Å². The second-order valence-corrected chi connectivity index (χ2v) is 4.76. The maximum atomic E-state index is 13.3. The maximum absolute atomic E-state index is 13.3. The summed E-state index contributed by atoms with van der Waals surface area (Å²) in [4.78, 5) is 0. The van der Waals surface area contributed by atoms with Gasteiger partial charge in [-0.3, -0.25) is 0 Å². The fourth-order valence-electron chi connectivity index (χ4n) is 2.69. The van der Waals surface area contributed by atoms with Crippen LogP contribution in [0.2, 0.25) is 0 Å². The molecule has 0 saturated carbocycles. The minimum Gasteiger partial charge on any atom is -0.315 e. The highest BCUT2D eigenvalue weighted by Gasteiger charge is 2.20. The molecule has 2 aromatic carbocycles. The maximum Gasteiger partial charge on any atom is 0.123 e. The zero-order chi connectivity index (χ0) is 12.4. The molecular formula is C16H16FN. The zero-order valence-electron chi connectivity index (χ0n) is 10.2. The lowest BCUT2D eigenvalue weighted by Gasteiger charge is -2.18. The number of hydrogen-bond acceptors (Lipinski definition) is 1. The molecule has 0 aliphatic carbocycles. The van der Waals surface area contributed by atoms with E-state index in [4.69, 9.17) is 0 Å². The lowest BCUT2D eigenvalue weighted by Crippen LogP contribution is -2.20. The summed E-state index contributed by atoms with van der Waals surface area (Å²) in [7, 11) is 0. The van der Waals surface area contributed by atoms with E-state index in [1.54, 1.807) is 12.1 Å². The smallest absolute Gasteiger partial charge is 0.123 e. The van der Waals surface area contributed by atoms with Crippen molar-refractivity contribution in [2.75, 3.05) is 13.1 Å². The lowest BCUT2D eigenvalue weighted by atomic mass is 9.88. The van der Waals surface area contributed by atoms with Crippen molar-refractivity contribution >= 4 is 0 Å². The number of rotatable bonds is 1. The Balaban J connectivity index is 2.07. The fourth-order valence-corrected chi connectivity index (χ4v) is 2.69. The number of hydrogen-bond donors (Lipinski definition) is 1. The number of fused-ring (bicyclic) bond motifs is 1. The minimum absolute atomic E-state index is 0.137. The van der Waals surface area contributed by atoms with E-state index in [2.05, 4.69) is 29.6 Å². The monoisotopic (exact) mass is 241 g/mol. The average molecular weight is 241 g/mol. The molecule has 2 aromatic rings. The minimum atomic E-state index is -0.137. The van der Waals surface area contributed by atoms with Crippen molar-refractivity contribution in [1.82, 2.24) is 5.32 Å². The molecule has 1 heterocycles. The van der Waals surface area contributed by atoms with Crippen molar-refractivity contribution in [2.45, 2.75) is 12.3 Å². The highest BCUT2D eigenvalue weighted by Crippen LogP contribution is 2.29. The van der Waals surface area contributed by atoms with Crippen LogP contribution in [0.5, 0.6) is 0 Å². The summed E-state index contributed by atoms with van der Waals surface area (Å²) in [6, 6.07) is 15.6. The van der Waals surface area contributed by atoms with Gasteiger partial charge in [0.15, 0.2) is 0 Å². The highest BCUT2D eigenvalue weighted by molar-refractivity contribution is 5.39. The van der Waals surface area contributed by atoms with E-state index in [1.807, 2.05) is 12.1 Å². The number of nitrogens with one attached hydrogen (secondary N) is 1. The van der Waals surface area contributed by atoms with Crippen LogP contribution in [0.25, 0.3) is 0 Å². The standard InChI is InChI=1S/C16H16FN/c17-14-6-7-15-13(10-14)8-9-18-11-16(15)12-4-2-1-3-5-12/h1-7,10,16,18H,8-9,11H2. The molecule has 2 heteroatoms. The van der Waals surface area contributed by atoms with E-state index in [1.165, 1.54) is 11.1 Å². The first-order valence-corrected chi connectivity index (χ1v) is 6.38. The SMILES string of the molecule is Fc1ccc2c(c1)CCNCC2c1ccccc1. The quantitative estimate of drug-likeness (QED) is 0.809. The van der Waals surface area contributed by atoms with Gasteiger partial charge in [0.25, 0.3) is 0 Å². The first-order valence-electron chi connectivity index (χ1n) is 6.38. The molecule has 1 aliphatic rings. The first-order chi connectivity index (χ1) is 8.84. The van der Waals surface area contributed by atoms with Gasteiger partial charge in [0.2, 0.25) is 0 Å². The van der Waals surface area contributed by atoms with Crippen LogP contribution >= 0.6 is 0 Å². The van der Waals surface area contributed by atoms with E-state index < -0.39 is 0 Å². The molecular weight excluding hydrogens is 225 g/mol. The molecule has 1 N–H and O–H groups in total.